The van der Waals surface area contributed by atoms with Crippen LogP contribution in [0.5, 0.6) is 17.2 Å². The highest BCUT2D eigenvalue weighted by Crippen LogP contribution is 2.38. The average Bonchev–Trinajstić information content (AvgIpc) is 3.50. The molecule has 2 unspecified atom stereocenters. The summed E-state index contributed by atoms with van der Waals surface area (Å²) in [5.41, 5.74) is 6.95. The predicted molar refractivity (Wildman–Crippen MR) is 172 cm³/mol. The molecule has 2 atom stereocenters. The highest BCUT2D eigenvalue weighted by atomic mass is 35.5. The maximum Gasteiger partial charge on any atom is 0.408 e. The van der Waals surface area contributed by atoms with E-state index in [2.05, 4.69) is 10.3 Å². The Balaban J connectivity index is 1.34. The van der Waals surface area contributed by atoms with E-state index < -0.39 is 41.4 Å². The van der Waals surface area contributed by atoms with Crippen molar-refractivity contribution >= 4 is 29.5 Å². The molecule has 0 saturated heterocycles. The van der Waals surface area contributed by atoms with Crippen LogP contribution in [-0.4, -0.2) is 46.5 Å². The topological polar surface area (TPSA) is 142 Å². The minimum Gasteiger partial charge on any atom is -0.504 e. The number of phenolic OH excluding ortho intramolecular Hbond substituents is 1. The van der Waals surface area contributed by atoms with Crippen LogP contribution in [0.25, 0.3) is 11.1 Å². The van der Waals surface area contributed by atoms with Gasteiger partial charge in [-0.25, -0.2) is 19.0 Å². The van der Waals surface area contributed by atoms with Gasteiger partial charge in [0.1, 0.15) is 29.6 Å². The summed E-state index contributed by atoms with van der Waals surface area (Å²) in [5.74, 6) is -0.889. The lowest BCUT2D eigenvalue weighted by molar-refractivity contribution is -0.151. The Morgan fingerprint density at radius 1 is 1.13 bits per heavy atom. The number of aromatic nitrogens is 1. The Bertz CT molecular complexity index is 1510. The number of pyridine rings is 1. The summed E-state index contributed by atoms with van der Waals surface area (Å²) in [5, 5.41) is 13.0. The van der Waals surface area contributed by atoms with Crippen LogP contribution < -0.4 is 20.5 Å². The van der Waals surface area contributed by atoms with E-state index in [1.807, 2.05) is 12.1 Å². The van der Waals surface area contributed by atoms with Crippen molar-refractivity contribution in [3.8, 4) is 28.4 Å². The van der Waals surface area contributed by atoms with E-state index in [9.17, 15) is 19.1 Å². The van der Waals surface area contributed by atoms with Gasteiger partial charge in [0, 0.05) is 11.8 Å². The molecule has 0 bridgehead atoms. The lowest BCUT2D eigenvalue weighted by Gasteiger charge is -2.24. The van der Waals surface area contributed by atoms with Crippen LogP contribution in [0, 0.1) is 5.82 Å². The van der Waals surface area contributed by atoms with Gasteiger partial charge in [-0.2, -0.15) is 0 Å². The minimum absolute atomic E-state index is 0.102. The van der Waals surface area contributed by atoms with Gasteiger partial charge < -0.3 is 35.1 Å². The van der Waals surface area contributed by atoms with Gasteiger partial charge in [-0.3, -0.25) is 0 Å². The number of aromatic hydroxyl groups is 1. The van der Waals surface area contributed by atoms with Gasteiger partial charge in [-0.1, -0.05) is 23.7 Å². The van der Waals surface area contributed by atoms with Crippen molar-refractivity contribution in [2.75, 3.05) is 12.3 Å². The highest BCUT2D eigenvalue weighted by Gasteiger charge is 2.28. The number of nitrogens with zero attached hydrogens (tertiary/aromatic N) is 1. The fourth-order valence-corrected chi connectivity index (χ4v) is 5.38. The van der Waals surface area contributed by atoms with E-state index in [-0.39, 0.29) is 28.3 Å². The van der Waals surface area contributed by atoms with Crippen molar-refractivity contribution in [2.45, 2.75) is 90.1 Å². The van der Waals surface area contributed by atoms with Crippen LogP contribution in [0.1, 0.15) is 77.9 Å². The molecule has 10 nitrogen and oxygen atoms in total. The van der Waals surface area contributed by atoms with Crippen LogP contribution in [0.4, 0.5) is 15.0 Å². The molecule has 2 aromatic carbocycles. The molecular formula is C34H41ClFN3O7. The summed E-state index contributed by atoms with van der Waals surface area (Å²) in [6, 6.07) is 10.5. The van der Waals surface area contributed by atoms with Crippen molar-refractivity contribution in [2.24, 2.45) is 0 Å². The number of carbonyl (C=O) groups is 2. The molecule has 1 fully saturated rings. The Hall–Kier alpha value is -4.25. The number of hydrogen-bond acceptors (Lipinski definition) is 9. The van der Waals surface area contributed by atoms with Gasteiger partial charge in [0.25, 0.3) is 0 Å². The van der Waals surface area contributed by atoms with Crippen molar-refractivity contribution in [3.05, 3.63) is 65.1 Å². The van der Waals surface area contributed by atoms with E-state index in [0.29, 0.717) is 30.8 Å². The molecule has 248 valence electrons. The quantitative estimate of drug-likeness (QED) is 0.133. The number of hydrogen-bond donors (Lipinski definition) is 3. The van der Waals surface area contributed by atoms with Crippen molar-refractivity contribution < 1.29 is 38.0 Å². The maximum atomic E-state index is 13.9. The number of esters is 1. The SMILES string of the molecule is CC(Oc1cc(-c2ccc(OCCCC(NC(=O)OC(C)(C)C)C(=O)OC3CCCC3)cc2)cnc1N)c1c(Cl)ccc(F)c1O. The smallest absolute Gasteiger partial charge is 0.408 e. The summed E-state index contributed by atoms with van der Waals surface area (Å²) in [6.07, 6.45) is 4.49. The van der Waals surface area contributed by atoms with Gasteiger partial charge in [0.05, 0.1) is 17.2 Å². The first-order valence-electron chi connectivity index (χ1n) is 15.3. The summed E-state index contributed by atoms with van der Waals surface area (Å²) in [7, 11) is 0. The fraction of sp³-hybridized carbons (Fsp3) is 0.441. The summed E-state index contributed by atoms with van der Waals surface area (Å²) < 4.78 is 36.7. The monoisotopic (exact) mass is 657 g/mol. The predicted octanol–water partition coefficient (Wildman–Crippen LogP) is 7.51. The Morgan fingerprint density at radius 2 is 1.83 bits per heavy atom. The van der Waals surface area contributed by atoms with Crippen LogP contribution in [-0.2, 0) is 14.3 Å². The van der Waals surface area contributed by atoms with E-state index in [0.717, 1.165) is 37.3 Å². The number of ether oxygens (including phenoxy) is 4. The summed E-state index contributed by atoms with van der Waals surface area (Å²) in [4.78, 5) is 29.5. The van der Waals surface area contributed by atoms with Crippen molar-refractivity contribution in [3.63, 3.8) is 0 Å². The van der Waals surface area contributed by atoms with Crippen LogP contribution >= 0.6 is 11.6 Å². The van der Waals surface area contributed by atoms with E-state index in [4.69, 9.17) is 36.3 Å². The van der Waals surface area contributed by atoms with Crippen molar-refractivity contribution in [1.82, 2.24) is 10.3 Å². The Labute approximate surface area is 273 Å². The number of nitrogens with two attached hydrogens (primary N) is 1. The maximum absolute atomic E-state index is 13.9. The van der Waals surface area contributed by atoms with E-state index >= 15 is 0 Å². The van der Waals surface area contributed by atoms with Gasteiger partial charge in [0.2, 0.25) is 0 Å². The first-order valence-corrected chi connectivity index (χ1v) is 15.7. The van der Waals surface area contributed by atoms with Gasteiger partial charge in [0.15, 0.2) is 23.1 Å². The highest BCUT2D eigenvalue weighted by molar-refractivity contribution is 6.31. The van der Waals surface area contributed by atoms with E-state index in [1.54, 1.807) is 52.1 Å². The number of nitrogen functional groups attached to an aromatic ring is 1. The third kappa shape index (κ3) is 9.62. The molecule has 4 N–H and O–H groups in total. The normalized spacial score (nSPS) is 14.7. The first-order chi connectivity index (χ1) is 21.8. The fourth-order valence-electron chi connectivity index (χ4n) is 5.07. The lowest BCUT2D eigenvalue weighted by atomic mass is 10.1. The van der Waals surface area contributed by atoms with Crippen LogP contribution in [0.3, 0.4) is 0 Å². The number of benzene rings is 2. The molecule has 0 radical (unpaired) electrons. The number of rotatable bonds is 12. The van der Waals surface area contributed by atoms with Gasteiger partial charge >= 0.3 is 12.1 Å². The van der Waals surface area contributed by atoms with Crippen molar-refractivity contribution in [1.29, 1.82) is 0 Å². The number of carbonyl (C=O) groups excluding carboxylic acids is 2. The Kier molecular flexibility index (Phi) is 11.6. The number of anilines is 1. The molecule has 1 aliphatic carbocycles. The van der Waals surface area contributed by atoms with Crippen LogP contribution in [0.2, 0.25) is 5.02 Å². The second kappa shape index (κ2) is 15.4. The first kappa shape index (κ1) is 34.6. The lowest BCUT2D eigenvalue weighted by Crippen LogP contribution is -2.45. The molecule has 1 amide bonds. The molecule has 12 heteroatoms. The molecular weight excluding hydrogens is 617 g/mol. The summed E-state index contributed by atoms with van der Waals surface area (Å²) in [6.45, 7) is 7.19. The average molecular weight is 658 g/mol. The summed E-state index contributed by atoms with van der Waals surface area (Å²) >= 11 is 6.18. The number of nitrogens with one attached hydrogen (secondary N) is 1. The van der Waals surface area contributed by atoms with Gasteiger partial charge in [-0.05, 0) is 102 Å². The molecule has 1 heterocycles. The zero-order chi connectivity index (χ0) is 33.4. The Morgan fingerprint density at radius 3 is 2.50 bits per heavy atom. The molecule has 1 saturated carbocycles. The number of alkyl carbamates (subject to hydrolysis) is 1. The molecule has 4 rings (SSSR count). The zero-order valence-electron chi connectivity index (χ0n) is 26.5. The molecule has 46 heavy (non-hydrogen) atoms. The molecule has 1 aromatic heterocycles. The third-order valence-corrected chi connectivity index (χ3v) is 7.69. The standard InChI is InChI=1S/C34H41ClFN3O7/c1-20(29-25(35)15-16-26(36)30(29)40)44-28-18-22(19-38-31(28)37)21-11-13-23(14-12-21)43-17-7-10-27(39-33(42)46-34(2,3)4)32(41)45-24-8-5-6-9-24/h11-16,18-20,24,27,40H,5-10,17H2,1-4H3,(H2,37,38)(H,39,42). The van der Waals surface area contributed by atoms with E-state index in [1.165, 1.54) is 6.07 Å². The molecule has 0 aliphatic heterocycles. The third-order valence-electron chi connectivity index (χ3n) is 7.36. The van der Waals surface area contributed by atoms with Gasteiger partial charge in [-0.15, -0.1) is 0 Å². The number of halogens is 2. The molecule has 3 aromatic rings. The number of phenols is 1. The second-order valence-corrected chi connectivity index (χ2v) is 12.6. The van der Waals surface area contributed by atoms with Crippen LogP contribution in [0.15, 0.2) is 48.7 Å². The zero-order valence-corrected chi connectivity index (χ0v) is 27.2. The largest absolute Gasteiger partial charge is 0.504 e. The molecule has 0 spiro atoms. The molecule has 1 aliphatic rings. The number of amides is 1. The minimum atomic E-state index is -0.848. The second-order valence-electron chi connectivity index (χ2n) is 12.2.